The first kappa shape index (κ1) is 19.4. The largest absolute Gasteiger partial charge is 0.381 e. The maximum atomic E-state index is 12.7. The van der Waals surface area contributed by atoms with E-state index >= 15 is 0 Å². The molecular weight excluding hydrogens is 352 g/mol. The molecule has 2 heterocycles. The molecule has 3 fully saturated rings. The fourth-order valence-corrected chi connectivity index (χ4v) is 4.97. The third-order valence-corrected chi connectivity index (χ3v) is 6.58. The van der Waals surface area contributed by atoms with Gasteiger partial charge in [0, 0.05) is 25.4 Å². The maximum absolute atomic E-state index is 12.7. The van der Waals surface area contributed by atoms with Crippen LogP contribution in [0.5, 0.6) is 0 Å². The molecule has 3 aliphatic rings. The number of nitrogens with zero attached hydrogens (tertiary/aromatic N) is 2. The van der Waals surface area contributed by atoms with Crippen LogP contribution in [0.2, 0.25) is 0 Å². The van der Waals surface area contributed by atoms with Crippen LogP contribution in [-0.4, -0.2) is 49.3 Å². The Morgan fingerprint density at radius 1 is 1.25 bits per heavy atom. The van der Waals surface area contributed by atoms with Gasteiger partial charge in [-0.3, -0.25) is 4.79 Å². The third kappa shape index (κ3) is 4.39. The molecule has 2 aliphatic heterocycles. The van der Waals surface area contributed by atoms with E-state index in [0.29, 0.717) is 30.1 Å². The molecule has 1 aliphatic carbocycles. The lowest BCUT2D eigenvalue weighted by Crippen LogP contribution is -2.66. The van der Waals surface area contributed by atoms with Gasteiger partial charge in [0.1, 0.15) is 5.60 Å². The molecule has 28 heavy (non-hydrogen) atoms. The summed E-state index contributed by atoms with van der Waals surface area (Å²) in [4.78, 5) is 14.5. The highest BCUT2D eigenvalue weighted by Crippen LogP contribution is 2.38. The number of amides is 1. The van der Waals surface area contributed by atoms with E-state index < -0.39 is 0 Å². The standard InChI is InChI=1S/C23H30N2O3/c24-14-20-6-3-7-21(12-20)22(26)25-16-23(17-25)13-18(9-11-28-23)8-10-27-15-19-4-1-2-5-19/h3,6-7,12,18-19H,1-2,4-5,8-11,13,15-17H2/t18-/m0/s1. The number of hydrogen-bond acceptors (Lipinski definition) is 4. The minimum atomic E-state index is -0.170. The molecule has 4 rings (SSSR count). The van der Waals surface area contributed by atoms with Gasteiger partial charge in [-0.25, -0.2) is 0 Å². The van der Waals surface area contributed by atoms with Gasteiger partial charge in [-0.05, 0) is 62.1 Å². The lowest BCUT2D eigenvalue weighted by atomic mass is 9.79. The van der Waals surface area contributed by atoms with E-state index in [-0.39, 0.29) is 11.5 Å². The number of carbonyl (C=O) groups is 1. The fraction of sp³-hybridized carbons (Fsp3) is 0.652. The zero-order chi connectivity index (χ0) is 19.4. The van der Waals surface area contributed by atoms with Crippen LogP contribution in [0.1, 0.15) is 60.9 Å². The van der Waals surface area contributed by atoms with Crippen LogP contribution >= 0.6 is 0 Å². The molecule has 1 saturated carbocycles. The second-order valence-corrected chi connectivity index (χ2v) is 8.76. The Kier molecular flexibility index (Phi) is 5.99. The van der Waals surface area contributed by atoms with Crippen molar-refractivity contribution in [2.75, 3.05) is 32.9 Å². The summed E-state index contributed by atoms with van der Waals surface area (Å²) in [6.45, 7) is 3.86. The molecule has 150 valence electrons. The van der Waals surface area contributed by atoms with Gasteiger partial charge in [-0.1, -0.05) is 18.9 Å². The first-order valence-corrected chi connectivity index (χ1v) is 10.7. The van der Waals surface area contributed by atoms with Crippen LogP contribution in [0.25, 0.3) is 0 Å². The van der Waals surface area contributed by atoms with Crippen molar-refractivity contribution in [2.45, 2.75) is 50.5 Å². The zero-order valence-electron chi connectivity index (χ0n) is 16.6. The Bertz CT molecular complexity index is 730. The molecule has 5 nitrogen and oxygen atoms in total. The molecular formula is C23H30N2O3. The van der Waals surface area contributed by atoms with E-state index in [0.717, 1.165) is 45.0 Å². The molecule has 0 bridgehead atoms. The summed E-state index contributed by atoms with van der Waals surface area (Å²) in [7, 11) is 0. The Morgan fingerprint density at radius 3 is 2.86 bits per heavy atom. The summed E-state index contributed by atoms with van der Waals surface area (Å²) >= 11 is 0. The summed E-state index contributed by atoms with van der Waals surface area (Å²) in [5.74, 6) is 1.40. The van der Waals surface area contributed by atoms with E-state index in [9.17, 15) is 4.79 Å². The van der Waals surface area contributed by atoms with E-state index in [1.54, 1.807) is 24.3 Å². The van der Waals surface area contributed by atoms with Gasteiger partial charge < -0.3 is 14.4 Å². The summed E-state index contributed by atoms with van der Waals surface area (Å²) in [6, 6.07) is 9.02. The topological polar surface area (TPSA) is 62.6 Å². The number of rotatable bonds is 6. The average Bonchev–Trinajstić information content (AvgIpc) is 3.22. The van der Waals surface area contributed by atoms with Gasteiger partial charge in [0.2, 0.25) is 0 Å². The number of benzene rings is 1. The van der Waals surface area contributed by atoms with Crippen molar-refractivity contribution in [3.63, 3.8) is 0 Å². The zero-order valence-corrected chi connectivity index (χ0v) is 16.6. The van der Waals surface area contributed by atoms with E-state index in [1.807, 2.05) is 4.90 Å². The van der Waals surface area contributed by atoms with E-state index in [2.05, 4.69) is 6.07 Å². The average molecular weight is 383 g/mol. The molecule has 1 spiro atoms. The number of nitriles is 1. The summed E-state index contributed by atoms with van der Waals surface area (Å²) in [5.41, 5.74) is 0.936. The number of ether oxygens (including phenoxy) is 2. The fourth-order valence-electron chi connectivity index (χ4n) is 4.97. The second kappa shape index (κ2) is 8.63. The minimum absolute atomic E-state index is 0.00616. The predicted molar refractivity (Wildman–Crippen MR) is 106 cm³/mol. The van der Waals surface area contributed by atoms with Gasteiger partial charge in [0.25, 0.3) is 5.91 Å². The monoisotopic (exact) mass is 382 g/mol. The van der Waals surface area contributed by atoms with Gasteiger partial charge in [0.05, 0.1) is 24.7 Å². The molecule has 1 atom stereocenters. The van der Waals surface area contributed by atoms with Crippen molar-refractivity contribution in [1.82, 2.24) is 4.90 Å². The van der Waals surface area contributed by atoms with Crippen molar-refractivity contribution in [3.05, 3.63) is 35.4 Å². The first-order chi connectivity index (χ1) is 13.7. The minimum Gasteiger partial charge on any atom is -0.381 e. The van der Waals surface area contributed by atoms with Crippen LogP contribution in [0.3, 0.4) is 0 Å². The predicted octanol–water partition coefficient (Wildman–Crippen LogP) is 3.78. The van der Waals surface area contributed by atoms with Crippen molar-refractivity contribution in [2.24, 2.45) is 11.8 Å². The second-order valence-electron chi connectivity index (χ2n) is 8.76. The van der Waals surface area contributed by atoms with Crippen molar-refractivity contribution >= 4 is 5.91 Å². The van der Waals surface area contributed by atoms with Gasteiger partial charge in [0.15, 0.2) is 0 Å². The highest BCUT2D eigenvalue weighted by molar-refractivity contribution is 5.95. The lowest BCUT2D eigenvalue weighted by Gasteiger charge is -2.53. The van der Waals surface area contributed by atoms with Crippen molar-refractivity contribution in [1.29, 1.82) is 5.26 Å². The molecule has 1 amide bonds. The van der Waals surface area contributed by atoms with Crippen molar-refractivity contribution < 1.29 is 14.3 Å². The lowest BCUT2D eigenvalue weighted by molar-refractivity contribution is -0.167. The third-order valence-electron chi connectivity index (χ3n) is 6.58. The highest BCUT2D eigenvalue weighted by atomic mass is 16.5. The van der Waals surface area contributed by atoms with Gasteiger partial charge in [-0.2, -0.15) is 5.26 Å². The number of hydrogen-bond donors (Lipinski definition) is 0. The Hall–Kier alpha value is -1.90. The first-order valence-electron chi connectivity index (χ1n) is 10.7. The smallest absolute Gasteiger partial charge is 0.254 e. The highest BCUT2D eigenvalue weighted by Gasteiger charge is 2.49. The molecule has 2 saturated heterocycles. The molecule has 0 unspecified atom stereocenters. The Morgan fingerprint density at radius 2 is 2.07 bits per heavy atom. The number of likely N-dealkylation sites (tertiary alicyclic amines) is 1. The van der Waals surface area contributed by atoms with Crippen LogP contribution in [-0.2, 0) is 9.47 Å². The number of carbonyl (C=O) groups excluding carboxylic acids is 1. The van der Waals surface area contributed by atoms with Crippen LogP contribution in [0, 0.1) is 23.2 Å². The Balaban J connectivity index is 1.22. The maximum Gasteiger partial charge on any atom is 0.254 e. The van der Waals surface area contributed by atoms with Crippen LogP contribution in [0.15, 0.2) is 24.3 Å². The van der Waals surface area contributed by atoms with E-state index in [4.69, 9.17) is 14.7 Å². The SMILES string of the molecule is N#Cc1cccc(C(=O)N2CC3(C[C@@H](CCOCC4CCCC4)CCO3)C2)c1. The molecule has 0 radical (unpaired) electrons. The van der Waals surface area contributed by atoms with Crippen molar-refractivity contribution in [3.8, 4) is 6.07 Å². The molecule has 0 aromatic heterocycles. The van der Waals surface area contributed by atoms with Gasteiger partial charge in [-0.15, -0.1) is 0 Å². The molecule has 0 N–H and O–H groups in total. The van der Waals surface area contributed by atoms with Crippen LogP contribution in [0.4, 0.5) is 0 Å². The summed E-state index contributed by atoms with van der Waals surface area (Å²) in [6.07, 6.45) is 8.60. The molecule has 1 aromatic rings. The molecule has 1 aromatic carbocycles. The normalized spacial score (nSPS) is 24.1. The summed E-state index contributed by atoms with van der Waals surface area (Å²) in [5, 5.41) is 9.03. The quantitative estimate of drug-likeness (QED) is 0.703. The van der Waals surface area contributed by atoms with Gasteiger partial charge >= 0.3 is 0 Å². The summed E-state index contributed by atoms with van der Waals surface area (Å²) < 4.78 is 12.0. The molecule has 5 heteroatoms. The van der Waals surface area contributed by atoms with Crippen LogP contribution < -0.4 is 0 Å². The Labute approximate surface area is 167 Å². The van der Waals surface area contributed by atoms with E-state index in [1.165, 1.54) is 25.7 Å².